The number of benzene rings is 1. The molecule has 0 saturated carbocycles. The van der Waals surface area contributed by atoms with E-state index in [1.165, 1.54) is 36.0 Å². The van der Waals surface area contributed by atoms with E-state index < -0.39 is 0 Å². The first kappa shape index (κ1) is 7.57. The average molecular weight is 174 g/mol. The first-order valence-corrected chi connectivity index (χ1v) is 5.04. The van der Waals surface area contributed by atoms with Crippen LogP contribution >= 0.6 is 0 Å². The Morgan fingerprint density at radius 3 is 2.85 bits per heavy atom. The summed E-state index contributed by atoms with van der Waals surface area (Å²) >= 11 is 0. The summed E-state index contributed by atoms with van der Waals surface area (Å²) in [5.74, 6) is 0. The summed E-state index contributed by atoms with van der Waals surface area (Å²) in [7, 11) is 0. The molecule has 13 heavy (non-hydrogen) atoms. The molecule has 0 bridgehead atoms. The number of aryl methyl sites for hydroxylation is 2. The Balaban J connectivity index is 2.11. The Kier molecular flexibility index (Phi) is 1.37. The minimum atomic E-state index is 0.142. The number of fused-ring (bicyclic) bond motifs is 2. The van der Waals surface area contributed by atoms with Gasteiger partial charge in [0.05, 0.1) is 12.2 Å². The number of hydrogen-bond acceptors (Lipinski definition) is 1. The normalized spacial score (nSPS) is 30.2. The Hall–Kier alpha value is -0.820. The van der Waals surface area contributed by atoms with Crippen LogP contribution in [0.4, 0.5) is 0 Å². The van der Waals surface area contributed by atoms with Crippen molar-refractivity contribution in [1.82, 2.24) is 0 Å². The van der Waals surface area contributed by atoms with Crippen LogP contribution < -0.4 is 0 Å². The van der Waals surface area contributed by atoms with Crippen LogP contribution in [-0.4, -0.2) is 6.61 Å². The largest absolute Gasteiger partial charge is 0.370 e. The van der Waals surface area contributed by atoms with Crippen LogP contribution in [0.3, 0.4) is 0 Å². The van der Waals surface area contributed by atoms with Gasteiger partial charge in [-0.2, -0.15) is 0 Å². The molecule has 2 aliphatic rings. The zero-order valence-corrected chi connectivity index (χ0v) is 7.97. The molecule has 0 amide bonds. The SMILES string of the molecule is Cc1ccc2c(c1)CCC21CCO1. The van der Waals surface area contributed by atoms with Crippen LogP contribution in [0.25, 0.3) is 0 Å². The second kappa shape index (κ2) is 2.36. The van der Waals surface area contributed by atoms with E-state index >= 15 is 0 Å². The summed E-state index contributed by atoms with van der Waals surface area (Å²) in [6.45, 7) is 3.11. The van der Waals surface area contributed by atoms with Crippen molar-refractivity contribution in [2.45, 2.75) is 31.8 Å². The van der Waals surface area contributed by atoms with Crippen LogP contribution in [-0.2, 0) is 16.8 Å². The molecule has 1 aromatic carbocycles. The topological polar surface area (TPSA) is 9.23 Å². The molecule has 1 fully saturated rings. The number of hydrogen-bond donors (Lipinski definition) is 0. The number of rotatable bonds is 0. The monoisotopic (exact) mass is 174 g/mol. The van der Waals surface area contributed by atoms with Gasteiger partial charge in [0.1, 0.15) is 0 Å². The minimum Gasteiger partial charge on any atom is -0.370 e. The summed E-state index contributed by atoms with van der Waals surface area (Å²) in [5.41, 5.74) is 4.49. The lowest BCUT2D eigenvalue weighted by atomic mass is 9.88. The van der Waals surface area contributed by atoms with Crippen LogP contribution in [0.1, 0.15) is 29.5 Å². The maximum atomic E-state index is 5.75. The lowest BCUT2D eigenvalue weighted by Gasteiger charge is -2.39. The van der Waals surface area contributed by atoms with E-state index in [1.807, 2.05) is 0 Å². The third kappa shape index (κ3) is 0.910. The molecule has 1 unspecified atom stereocenters. The maximum absolute atomic E-state index is 5.75. The van der Waals surface area contributed by atoms with Crippen molar-refractivity contribution in [3.05, 3.63) is 34.9 Å². The molecule has 1 aromatic rings. The summed E-state index contributed by atoms with van der Waals surface area (Å²) in [6, 6.07) is 6.77. The van der Waals surface area contributed by atoms with Gasteiger partial charge in [0, 0.05) is 6.42 Å². The van der Waals surface area contributed by atoms with Gasteiger partial charge in [-0.3, -0.25) is 0 Å². The summed E-state index contributed by atoms with van der Waals surface area (Å²) in [5, 5.41) is 0. The van der Waals surface area contributed by atoms with E-state index in [0.717, 1.165) is 6.61 Å². The van der Waals surface area contributed by atoms with Gasteiger partial charge in [0.2, 0.25) is 0 Å². The number of ether oxygens (including phenoxy) is 1. The minimum absolute atomic E-state index is 0.142. The average Bonchev–Trinajstić information content (AvgIpc) is 2.41. The van der Waals surface area contributed by atoms with E-state index in [-0.39, 0.29) is 5.60 Å². The predicted octanol–water partition coefficient (Wildman–Crippen LogP) is 2.56. The van der Waals surface area contributed by atoms with Gasteiger partial charge >= 0.3 is 0 Å². The van der Waals surface area contributed by atoms with E-state index in [2.05, 4.69) is 25.1 Å². The van der Waals surface area contributed by atoms with Gasteiger partial charge in [-0.05, 0) is 30.9 Å². The molecule has 0 aromatic heterocycles. The van der Waals surface area contributed by atoms with Crippen LogP contribution in [0, 0.1) is 6.92 Å². The van der Waals surface area contributed by atoms with Gasteiger partial charge in [-0.15, -0.1) is 0 Å². The molecule has 1 spiro atoms. The Morgan fingerprint density at radius 2 is 2.15 bits per heavy atom. The fourth-order valence-corrected chi connectivity index (χ4v) is 2.60. The van der Waals surface area contributed by atoms with E-state index in [1.54, 1.807) is 0 Å². The highest BCUT2D eigenvalue weighted by Crippen LogP contribution is 2.47. The van der Waals surface area contributed by atoms with Crippen molar-refractivity contribution < 1.29 is 4.74 Å². The quantitative estimate of drug-likeness (QED) is 0.587. The zero-order valence-electron chi connectivity index (χ0n) is 7.97. The van der Waals surface area contributed by atoms with Crippen molar-refractivity contribution in [2.75, 3.05) is 6.61 Å². The van der Waals surface area contributed by atoms with Gasteiger partial charge < -0.3 is 4.74 Å². The fourth-order valence-electron chi connectivity index (χ4n) is 2.60. The van der Waals surface area contributed by atoms with Gasteiger partial charge in [0.25, 0.3) is 0 Å². The first-order valence-electron chi connectivity index (χ1n) is 5.04. The van der Waals surface area contributed by atoms with Crippen molar-refractivity contribution in [3.8, 4) is 0 Å². The van der Waals surface area contributed by atoms with Crippen LogP contribution in [0.2, 0.25) is 0 Å². The smallest absolute Gasteiger partial charge is 0.0959 e. The van der Waals surface area contributed by atoms with Crippen LogP contribution in [0.15, 0.2) is 18.2 Å². The molecule has 68 valence electrons. The third-order valence-corrected chi connectivity index (χ3v) is 3.43. The molecule has 0 N–H and O–H groups in total. The fraction of sp³-hybridized carbons (Fsp3) is 0.500. The summed E-state index contributed by atoms with van der Waals surface area (Å²) < 4.78 is 5.75. The van der Waals surface area contributed by atoms with Crippen molar-refractivity contribution in [1.29, 1.82) is 0 Å². The highest BCUT2D eigenvalue weighted by atomic mass is 16.5. The Bertz CT molecular complexity index is 350. The molecule has 1 atom stereocenters. The van der Waals surface area contributed by atoms with Crippen molar-refractivity contribution >= 4 is 0 Å². The first-order chi connectivity index (χ1) is 6.30. The second-order valence-corrected chi connectivity index (χ2v) is 4.25. The van der Waals surface area contributed by atoms with E-state index in [0.29, 0.717) is 0 Å². The van der Waals surface area contributed by atoms with Crippen LogP contribution in [0.5, 0.6) is 0 Å². The molecular formula is C12H14O. The molecular weight excluding hydrogens is 160 g/mol. The van der Waals surface area contributed by atoms with Crippen molar-refractivity contribution in [2.24, 2.45) is 0 Å². The van der Waals surface area contributed by atoms with Crippen molar-refractivity contribution in [3.63, 3.8) is 0 Å². The molecule has 1 nitrogen and oxygen atoms in total. The molecule has 1 heterocycles. The molecule has 1 aliphatic heterocycles. The molecule has 0 radical (unpaired) electrons. The van der Waals surface area contributed by atoms with Gasteiger partial charge in [-0.1, -0.05) is 23.8 Å². The Labute approximate surface area is 78.7 Å². The lowest BCUT2D eigenvalue weighted by Crippen LogP contribution is -2.38. The third-order valence-electron chi connectivity index (χ3n) is 3.43. The van der Waals surface area contributed by atoms with E-state index in [4.69, 9.17) is 4.74 Å². The predicted molar refractivity (Wildman–Crippen MR) is 51.7 cm³/mol. The van der Waals surface area contributed by atoms with Gasteiger partial charge in [-0.25, -0.2) is 0 Å². The highest BCUT2D eigenvalue weighted by molar-refractivity contribution is 5.40. The summed E-state index contributed by atoms with van der Waals surface area (Å²) in [6.07, 6.45) is 3.63. The van der Waals surface area contributed by atoms with E-state index in [9.17, 15) is 0 Å². The highest BCUT2D eigenvalue weighted by Gasteiger charge is 2.44. The summed E-state index contributed by atoms with van der Waals surface area (Å²) in [4.78, 5) is 0. The molecule has 1 saturated heterocycles. The standard InChI is InChI=1S/C12H14O/c1-9-2-3-11-10(8-9)4-5-12(11)6-7-13-12/h2-3,8H,4-7H2,1H3. The van der Waals surface area contributed by atoms with Gasteiger partial charge in [0.15, 0.2) is 0 Å². The maximum Gasteiger partial charge on any atom is 0.0959 e. The lowest BCUT2D eigenvalue weighted by molar-refractivity contribution is -0.152. The zero-order chi connectivity index (χ0) is 8.89. The Morgan fingerprint density at radius 1 is 1.31 bits per heavy atom. The molecule has 1 aliphatic carbocycles. The second-order valence-electron chi connectivity index (χ2n) is 4.25. The molecule has 3 rings (SSSR count). The molecule has 1 heteroatoms.